The van der Waals surface area contributed by atoms with Crippen LogP contribution in [-0.2, 0) is 23.8 Å². The van der Waals surface area contributed by atoms with Gasteiger partial charge in [-0.25, -0.2) is 0 Å². The molecule has 1 nitrogen and oxygen atoms in total. The molecule has 0 saturated heterocycles. The van der Waals surface area contributed by atoms with Crippen molar-refractivity contribution in [1.82, 2.24) is 4.90 Å². The molecule has 0 N–H and O–H groups in total. The standard InChI is InChI=1S/C27H31F6N/c1-2-17-34(19-20-8-4-3-5-9-20)18-7-10-21-22(24(13-14-24)26(28,29)30)11-6-12-23(21)25(15-16-25)27(31,32)33/h3-6,8-9,11-12H,2,7,10,13-19H2,1H3. The average Bonchev–Trinajstić information content (AvgIpc) is 3.67. The Kier molecular flexibility index (Phi) is 6.80. The molecular formula is C27H31F6N. The summed E-state index contributed by atoms with van der Waals surface area (Å²) in [7, 11) is 0. The smallest absolute Gasteiger partial charge is 0.299 e. The molecule has 2 aromatic carbocycles. The lowest BCUT2D eigenvalue weighted by Crippen LogP contribution is -2.34. The SMILES string of the molecule is CCCN(CCCc1c(C2(C(F)(F)F)CC2)cccc1C1(C(F)(F)F)CC1)Cc1ccccc1. The molecule has 34 heavy (non-hydrogen) atoms. The van der Waals surface area contributed by atoms with Gasteiger partial charge in [-0.2, -0.15) is 26.3 Å². The number of hydrogen-bond donors (Lipinski definition) is 0. The maximum Gasteiger partial charge on any atom is 0.398 e. The number of benzene rings is 2. The summed E-state index contributed by atoms with van der Waals surface area (Å²) in [6.45, 7) is 4.21. The molecule has 0 unspecified atom stereocenters. The lowest BCUT2D eigenvalue weighted by molar-refractivity contribution is -0.161. The number of halogens is 6. The largest absolute Gasteiger partial charge is 0.398 e. The summed E-state index contributed by atoms with van der Waals surface area (Å²) in [5.41, 5.74) is -2.43. The van der Waals surface area contributed by atoms with E-state index in [0.717, 1.165) is 18.5 Å². The van der Waals surface area contributed by atoms with Gasteiger partial charge in [-0.05, 0) is 80.3 Å². The molecule has 2 fully saturated rings. The van der Waals surface area contributed by atoms with Gasteiger partial charge in [0.1, 0.15) is 0 Å². The fraction of sp³-hybridized carbons (Fsp3) is 0.556. The molecule has 4 rings (SSSR count). The normalized spacial score (nSPS) is 18.8. The molecule has 0 aromatic heterocycles. The zero-order valence-corrected chi connectivity index (χ0v) is 19.4. The van der Waals surface area contributed by atoms with E-state index in [-0.39, 0.29) is 48.8 Å². The highest BCUT2D eigenvalue weighted by atomic mass is 19.4. The summed E-state index contributed by atoms with van der Waals surface area (Å²) < 4.78 is 84.0. The first-order valence-electron chi connectivity index (χ1n) is 12.1. The first kappa shape index (κ1) is 25.1. The van der Waals surface area contributed by atoms with Crippen LogP contribution < -0.4 is 0 Å². The van der Waals surface area contributed by atoms with E-state index < -0.39 is 23.2 Å². The second-order valence-corrected chi connectivity index (χ2v) is 9.86. The highest BCUT2D eigenvalue weighted by Crippen LogP contribution is 2.63. The quantitative estimate of drug-likeness (QED) is 0.313. The van der Waals surface area contributed by atoms with Gasteiger partial charge < -0.3 is 0 Å². The van der Waals surface area contributed by atoms with Crippen molar-refractivity contribution in [2.24, 2.45) is 0 Å². The average molecular weight is 484 g/mol. The Bertz CT molecular complexity index is 923. The van der Waals surface area contributed by atoms with Gasteiger partial charge in [-0.15, -0.1) is 0 Å². The molecule has 0 aliphatic heterocycles. The minimum Gasteiger partial charge on any atom is -0.299 e. The van der Waals surface area contributed by atoms with E-state index in [0.29, 0.717) is 19.5 Å². The van der Waals surface area contributed by atoms with Crippen molar-refractivity contribution >= 4 is 0 Å². The third-order valence-corrected chi connectivity index (χ3v) is 7.48. The van der Waals surface area contributed by atoms with Crippen LogP contribution >= 0.6 is 0 Å². The molecule has 0 spiro atoms. The van der Waals surface area contributed by atoms with Crippen LogP contribution in [0.1, 0.15) is 67.7 Å². The van der Waals surface area contributed by atoms with Gasteiger partial charge in [0, 0.05) is 6.54 Å². The first-order chi connectivity index (χ1) is 16.0. The maximum absolute atomic E-state index is 14.0. The molecule has 2 aliphatic rings. The number of hydrogen-bond acceptors (Lipinski definition) is 1. The Hall–Kier alpha value is -2.02. The molecule has 0 heterocycles. The van der Waals surface area contributed by atoms with Gasteiger partial charge in [0.25, 0.3) is 0 Å². The first-order valence-corrected chi connectivity index (χ1v) is 12.1. The van der Waals surface area contributed by atoms with Crippen molar-refractivity contribution in [2.45, 2.75) is 81.6 Å². The van der Waals surface area contributed by atoms with Crippen molar-refractivity contribution in [1.29, 1.82) is 0 Å². The predicted octanol–water partition coefficient (Wildman–Crippen LogP) is 7.72. The van der Waals surface area contributed by atoms with E-state index in [9.17, 15) is 26.3 Å². The molecular weight excluding hydrogens is 452 g/mol. The Morgan fingerprint density at radius 1 is 0.735 bits per heavy atom. The van der Waals surface area contributed by atoms with E-state index in [1.807, 2.05) is 30.3 Å². The summed E-state index contributed by atoms with van der Waals surface area (Å²) >= 11 is 0. The zero-order chi connectivity index (χ0) is 24.6. The van der Waals surface area contributed by atoms with Crippen molar-refractivity contribution < 1.29 is 26.3 Å². The van der Waals surface area contributed by atoms with E-state index >= 15 is 0 Å². The Labute approximate surface area is 197 Å². The fourth-order valence-electron chi connectivity index (χ4n) is 5.32. The monoisotopic (exact) mass is 483 g/mol. The number of nitrogens with zero attached hydrogens (tertiary/aromatic N) is 1. The van der Waals surface area contributed by atoms with E-state index in [1.54, 1.807) is 0 Å². The lowest BCUT2D eigenvalue weighted by atomic mass is 9.81. The predicted molar refractivity (Wildman–Crippen MR) is 121 cm³/mol. The third-order valence-electron chi connectivity index (χ3n) is 7.48. The highest BCUT2D eigenvalue weighted by Gasteiger charge is 2.67. The Morgan fingerprint density at radius 2 is 1.26 bits per heavy atom. The van der Waals surface area contributed by atoms with Crippen molar-refractivity contribution in [3.8, 4) is 0 Å². The van der Waals surface area contributed by atoms with Gasteiger partial charge in [0.2, 0.25) is 0 Å². The van der Waals surface area contributed by atoms with Crippen LogP contribution in [0.5, 0.6) is 0 Å². The van der Waals surface area contributed by atoms with E-state index in [1.165, 1.54) is 18.2 Å². The minimum atomic E-state index is -4.46. The van der Waals surface area contributed by atoms with Crippen molar-refractivity contribution in [3.05, 3.63) is 70.8 Å². The molecule has 2 aromatic rings. The van der Waals surface area contributed by atoms with Gasteiger partial charge in [0.15, 0.2) is 0 Å². The van der Waals surface area contributed by atoms with Crippen LogP contribution in [0.25, 0.3) is 0 Å². The van der Waals surface area contributed by atoms with Crippen LogP contribution in [0, 0.1) is 0 Å². The zero-order valence-electron chi connectivity index (χ0n) is 19.4. The van der Waals surface area contributed by atoms with Crippen LogP contribution in [0.15, 0.2) is 48.5 Å². The van der Waals surface area contributed by atoms with Gasteiger partial charge >= 0.3 is 12.4 Å². The van der Waals surface area contributed by atoms with E-state index in [4.69, 9.17) is 0 Å². The third kappa shape index (κ3) is 4.73. The minimum absolute atomic E-state index is 0.0536. The summed E-state index contributed by atoms with van der Waals surface area (Å²) in [6.07, 6.45) is -7.49. The van der Waals surface area contributed by atoms with Gasteiger partial charge in [-0.1, -0.05) is 55.5 Å². The molecule has 0 bridgehead atoms. The van der Waals surface area contributed by atoms with Gasteiger partial charge in [-0.3, -0.25) is 4.90 Å². The van der Waals surface area contributed by atoms with Crippen LogP contribution in [0.4, 0.5) is 26.3 Å². The lowest BCUT2D eigenvalue weighted by Gasteiger charge is -2.29. The molecule has 7 heteroatoms. The molecule has 2 saturated carbocycles. The molecule has 186 valence electrons. The fourth-order valence-corrected chi connectivity index (χ4v) is 5.32. The summed E-state index contributed by atoms with van der Waals surface area (Å²) in [6, 6.07) is 14.1. The highest BCUT2D eigenvalue weighted by molar-refractivity contribution is 5.50. The van der Waals surface area contributed by atoms with Crippen molar-refractivity contribution in [3.63, 3.8) is 0 Å². The maximum atomic E-state index is 14.0. The topological polar surface area (TPSA) is 3.24 Å². The van der Waals surface area contributed by atoms with E-state index in [2.05, 4.69) is 11.8 Å². The second-order valence-electron chi connectivity index (χ2n) is 9.86. The van der Waals surface area contributed by atoms with Crippen LogP contribution in [0.3, 0.4) is 0 Å². The number of alkyl halides is 6. The van der Waals surface area contributed by atoms with Crippen LogP contribution in [-0.4, -0.2) is 30.3 Å². The molecule has 0 atom stereocenters. The Balaban J connectivity index is 1.61. The number of rotatable bonds is 10. The molecule has 0 amide bonds. The van der Waals surface area contributed by atoms with Crippen molar-refractivity contribution in [2.75, 3.05) is 13.1 Å². The summed E-state index contributed by atoms with van der Waals surface area (Å²) in [5, 5.41) is 0. The molecule has 0 radical (unpaired) electrons. The Morgan fingerprint density at radius 3 is 1.71 bits per heavy atom. The van der Waals surface area contributed by atoms with Gasteiger partial charge in [0.05, 0.1) is 10.8 Å². The van der Waals surface area contributed by atoms with Crippen LogP contribution in [0.2, 0.25) is 0 Å². The summed E-state index contributed by atoms with van der Waals surface area (Å²) in [4.78, 5) is 2.23. The summed E-state index contributed by atoms with van der Waals surface area (Å²) in [5.74, 6) is 0. The second kappa shape index (κ2) is 9.21. The molecule has 2 aliphatic carbocycles.